The maximum atomic E-state index is 13.1. The van der Waals surface area contributed by atoms with Gasteiger partial charge in [0, 0.05) is 32.0 Å². The smallest absolute Gasteiger partial charge is 0.273 e. The van der Waals surface area contributed by atoms with Crippen molar-refractivity contribution in [2.24, 2.45) is 5.92 Å². The summed E-state index contributed by atoms with van der Waals surface area (Å²) in [6.45, 7) is 3.41. The molecule has 0 radical (unpaired) electrons. The number of amides is 2. The maximum absolute atomic E-state index is 13.1. The van der Waals surface area contributed by atoms with Gasteiger partial charge in [-0.2, -0.15) is 0 Å². The highest BCUT2D eigenvalue weighted by Crippen LogP contribution is 2.20. The van der Waals surface area contributed by atoms with Gasteiger partial charge in [-0.25, -0.2) is 13.5 Å². The first-order chi connectivity index (χ1) is 15.4. The number of carbonyl (C=O) groups is 2. The summed E-state index contributed by atoms with van der Waals surface area (Å²) >= 11 is 0. The SMILES string of the molecule is Cc1c(C(=O)NCC2CC(=O)N(Cc3ccc(F)cc3)C2)nnn1Cc1ccc(F)cc1. The lowest BCUT2D eigenvalue weighted by Gasteiger charge is -2.17. The van der Waals surface area contributed by atoms with Crippen LogP contribution in [0.5, 0.6) is 0 Å². The fraction of sp³-hybridized carbons (Fsp3) is 0.304. The molecule has 1 saturated heterocycles. The first-order valence-corrected chi connectivity index (χ1v) is 10.3. The van der Waals surface area contributed by atoms with E-state index in [-0.39, 0.29) is 35.1 Å². The van der Waals surface area contributed by atoms with Crippen molar-refractivity contribution in [2.75, 3.05) is 13.1 Å². The molecule has 1 aromatic heterocycles. The van der Waals surface area contributed by atoms with E-state index >= 15 is 0 Å². The van der Waals surface area contributed by atoms with E-state index in [0.717, 1.165) is 11.1 Å². The van der Waals surface area contributed by atoms with E-state index in [0.29, 0.717) is 38.3 Å². The molecule has 1 aliphatic heterocycles. The molecule has 3 aromatic rings. The Kier molecular flexibility index (Phi) is 6.25. The number of halogens is 2. The van der Waals surface area contributed by atoms with Crippen molar-refractivity contribution in [2.45, 2.75) is 26.4 Å². The van der Waals surface area contributed by atoms with E-state index < -0.39 is 0 Å². The van der Waals surface area contributed by atoms with Crippen molar-refractivity contribution >= 4 is 11.8 Å². The molecule has 0 aliphatic carbocycles. The minimum atomic E-state index is -0.350. The summed E-state index contributed by atoms with van der Waals surface area (Å²) < 4.78 is 27.7. The second kappa shape index (κ2) is 9.25. The molecule has 1 aliphatic rings. The molecule has 0 saturated carbocycles. The largest absolute Gasteiger partial charge is 0.350 e. The molecule has 0 spiro atoms. The quantitative estimate of drug-likeness (QED) is 0.614. The lowest BCUT2D eigenvalue weighted by atomic mass is 10.1. The van der Waals surface area contributed by atoms with Crippen molar-refractivity contribution in [3.8, 4) is 0 Å². The number of aromatic nitrogens is 3. The molecule has 2 aromatic carbocycles. The van der Waals surface area contributed by atoms with Gasteiger partial charge in [0.1, 0.15) is 11.6 Å². The summed E-state index contributed by atoms with van der Waals surface area (Å²) in [4.78, 5) is 26.6. The number of nitrogens with one attached hydrogen (secondary N) is 1. The monoisotopic (exact) mass is 439 g/mol. The average molecular weight is 439 g/mol. The van der Waals surface area contributed by atoms with Gasteiger partial charge < -0.3 is 10.2 Å². The second-order valence-electron chi connectivity index (χ2n) is 7.99. The predicted octanol–water partition coefficient (Wildman–Crippen LogP) is 2.69. The van der Waals surface area contributed by atoms with Crippen LogP contribution < -0.4 is 5.32 Å². The van der Waals surface area contributed by atoms with Gasteiger partial charge in [0.15, 0.2) is 5.69 Å². The Morgan fingerprint density at radius 2 is 1.62 bits per heavy atom. The van der Waals surface area contributed by atoms with Crippen LogP contribution >= 0.6 is 0 Å². The first-order valence-electron chi connectivity index (χ1n) is 10.3. The standard InChI is InChI=1S/C23H23F2N5O2/c1-15-22(27-28-30(15)14-17-4-8-20(25)9-5-17)23(32)26-11-18-10-21(31)29(13-18)12-16-2-6-19(24)7-3-16/h2-9,18H,10-14H2,1H3,(H,26,32). The minimum Gasteiger partial charge on any atom is -0.350 e. The molecule has 1 N–H and O–H groups in total. The molecule has 7 nitrogen and oxygen atoms in total. The van der Waals surface area contributed by atoms with Gasteiger partial charge in [0.2, 0.25) is 5.91 Å². The zero-order valence-electron chi connectivity index (χ0n) is 17.6. The molecule has 166 valence electrons. The zero-order valence-corrected chi connectivity index (χ0v) is 17.6. The lowest BCUT2D eigenvalue weighted by Crippen LogP contribution is -2.31. The van der Waals surface area contributed by atoms with Gasteiger partial charge >= 0.3 is 0 Å². The summed E-state index contributed by atoms with van der Waals surface area (Å²) in [5.74, 6) is -0.980. The molecule has 0 bridgehead atoms. The lowest BCUT2D eigenvalue weighted by molar-refractivity contribution is -0.128. The fourth-order valence-corrected chi connectivity index (χ4v) is 3.76. The Morgan fingerprint density at radius 1 is 1.03 bits per heavy atom. The van der Waals surface area contributed by atoms with Crippen LogP contribution in [0.15, 0.2) is 48.5 Å². The number of nitrogens with zero attached hydrogens (tertiary/aromatic N) is 4. The van der Waals surface area contributed by atoms with E-state index in [1.807, 2.05) is 0 Å². The normalized spacial score (nSPS) is 15.9. The Balaban J connectivity index is 1.31. The molecule has 1 unspecified atom stereocenters. The summed E-state index contributed by atoms with van der Waals surface area (Å²) in [5, 5.41) is 10.9. The van der Waals surface area contributed by atoms with Crippen molar-refractivity contribution in [3.05, 3.63) is 82.7 Å². The van der Waals surface area contributed by atoms with Gasteiger partial charge in [-0.3, -0.25) is 9.59 Å². The number of hydrogen-bond donors (Lipinski definition) is 1. The molecular formula is C23H23F2N5O2. The predicted molar refractivity (Wildman–Crippen MR) is 113 cm³/mol. The number of rotatable bonds is 7. The highest BCUT2D eigenvalue weighted by atomic mass is 19.1. The third kappa shape index (κ3) is 4.99. The highest BCUT2D eigenvalue weighted by Gasteiger charge is 2.30. The first kappa shape index (κ1) is 21.6. The molecule has 1 fully saturated rings. The molecule has 1 atom stereocenters. The highest BCUT2D eigenvalue weighted by molar-refractivity contribution is 5.93. The van der Waals surface area contributed by atoms with Crippen LogP contribution in [0.3, 0.4) is 0 Å². The molecule has 4 rings (SSSR count). The Bertz CT molecular complexity index is 1110. The molecule has 9 heteroatoms. The van der Waals surface area contributed by atoms with Gasteiger partial charge in [0.25, 0.3) is 5.91 Å². The van der Waals surface area contributed by atoms with Gasteiger partial charge in [-0.05, 0) is 42.3 Å². The third-order valence-electron chi connectivity index (χ3n) is 5.58. The van der Waals surface area contributed by atoms with Crippen LogP contribution in [0.1, 0.15) is 33.7 Å². The van der Waals surface area contributed by atoms with Gasteiger partial charge in [-0.15, -0.1) is 5.10 Å². The number of carbonyl (C=O) groups excluding carboxylic acids is 2. The van der Waals surface area contributed by atoms with Crippen molar-refractivity contribution in [1.29, 1.82) is 0 Å². The van der Waals surface area contributed by atoms with E-state index in [4.69, 9.17) is 0 Å². The Morgan fingerprint density at radius 3 is 2.25 bits per heavy atom. The van der Waals surface area contributed by atoms with Crippen molar-refractivity contribution < 1.29 is 18.4 Å². The van der Waals surface area contributed by atoms with Crippen LogP contribution in [0.4, 0.5) is 8.78 Å². The average Bonchev–Trinajstić information content (AvgIpc) is 3.32. The number of hydrogen-bond acceptors (Lipinski definition) is 4. The van der Waals surface area contributed by atoms with Crippen LogP contribution in [0.25, 0.3) is 0 Å². The third-order valence-corrected chi connectivity index (χ3v) is 5.58. The molecule has 2 amide bonds. The van der Waals surface area contributed by atoms with Gasteiger partial charge in [-0.1, -0.05) is 29.5 Å². The molecular weight excluding hydrogens is 416 g/mol. The minimum absolute atomic E-state index is 0.00926. The van der Waals surface area contributed by atoms with E-state index in [1.165, 1.54) is 24.3 Å². The van der Waals surface area contributed by atoms with Crippen LogP contribution in [-0.2, 0) is 17.9 Å². The molecule has 2 heterocycles. The summed E-state index contributed by atoms with van der Waals surface area (Å²) in [6, 6.07) is 12.1. The van der Waals surface area contributed by atoms with Crippen LogP contribution in [0, 0.1) is 24.5 Å². The number of benzene rings is 2. The maximum Gasteiger partial charge on any atom is 0.273 e. The Labute approximate surface area is 184 Å². The summed E-state index contributed by atoms with van der Waals surface area (Å²) in [6.07, 6.45) is 0.345. The van der Waals surface area contributed by atoms with E-state index in [2.05, 4.69) is 15.6 Å². The summed E-state index contributed by atoms with van der Waals surface area (Å²) in [5.41, 5.74) is 2.53. The zero-order chi connectivity index (χ0) is 22.7. The van der Waals surface area contributed by atoms with Crippen molar-refractivity contribution in [1.82, 2.24) is 25.2 Å². The molecule has 32 heavy (non-hydrogen) atoms. The van der Waals surface area contributed by atoms with Gasteiger partial charge in [0.05, 0.1) is 12.2 Å². The van der Waals surface area contributed by atoms with Crippen molar-refractivity contribution in [3.63, 3.8) is 0 Å². The second-order valence-corrected chi connectivity index (χ2v) is 7.99. The van der Waals surface area contributed by atoms with E-state index in [9.17, 15) is 18.4 Å². The van der Waals surface area contributed by atoms with Crippen LogP contribution in [-0.4, -0.2) is 44.8 Å². The summed E-state index contributed by atoms with van der Waals surface area (Å²) in [7, 11) is 0. The van der Waals surface area contributed by atoms with Crippen LogP contribution in [0.2, 0.25) is 0 Å². The van der Waals surface area contributed by atoms with E-state index in [1.54, 1.807) is 40.8 Å². The fourth-order valence-electron chi connectivity index (χ4n) is 3.76. The Hall–Kier alpha value is -3.62. The number of likely N-dealkylation sites (tertiary alicyclic amines) is 1. The topological polar surface area (TPSA) is 80.1 Å².